The van der Waals surface area contributed by atoms with Crippen LogP contribution in [-0.2, 0) is 9.53 Å². The molecule has 0 aromatic heterocycles. The summed E-state index contributed by atoms with van der Waals surface area (Å²) in [5.41, 5.74) is 10.2. The molecule has 0 heterocycles. The molecule has 0 aliphatic heterocycles. The van der Waals surface area contributed by atoms with E-state index in [1.54, 1.807) is 14.0 Å². The van der Waals surface area contributed by atoms with Crippen LogP contribution in [0, 0.1) is 5.92 Å². The summed E-state index contributed by atoms with van der Waals surface area (Å²) >= 11 is 0. The number of rotatable bonds is 10. The van der Waals surface area contributed by atoms with Gasteiger partial charge in [0.15, 0.2) is 0 Å². The molecular formula is C13H29N3O2. The minimum Gasteiger partial charge on any atom is -0.383 e. The lowest BCUT2D eigenvalue weighted by atomic mass is 9.96. The Kier molecular flexibility index (Phi) is 8.15. The summed E-state index contributed by atoms with van der Waals surface area (Å²) in [6.07, 6.45) is 1.48. The maximum absolute atomic E-state index is 11.1. The van der Waals surface area contributed by atoms with Crippen molar-refractivity contribution in [3.05, 3.63) is 0 Å². The minimum atomic E-state index is -0.898. The molecule has 0 rings (SSSR count). The van der Waals surface area contributed by atoms with Crippen molar-refractivity contribution in [2.24, 2.45) is 17.4 Å². The van der Waals surface area contributed by atoms with E-state index in [4.69, 9.17) is 16.2 Å². The monoisotopic (exact) mass is 259 g/mol. The molecule has 0 aliphatic rings. The molecule has 18 heavy (non-hydrogen) atoms. The number of amides is 1. The van der Waals surface area contributed by atoms with Gasteiger partial charge in [-0.25, -0.2) is 0 Å². The Morgan fingerprint density at radius 1 is 1.39 bits per heavy atom. The highest BCUT2D eigenvalue weighted by atomic mass is 16.5. The predicted octanol–water partition coefficient (Wildman–Crippen LogP) is 0.574. The summed E-state index contributed by atoms with van der Waals surface area (Å²) in [7, 11) is 1.71. The van der Waals surface area contributed by atoms with E-state index in [0.29, 0.717) is 12.3 Å². The first-order chi connectivity index (χ1) is 8.29. The Hall–Kier alpha value is -0.650. The molecule has 0 aromatic rings. The van der Waals surface area contributed by atoms with Crippen LogP contribution >= 0.6 is 0 Å². The number of carbonyl (C=O) groups is 1. The van der Waals surface area contributed by atoms with Crippen LogP contribution in [0.5, 0.6) is 0 Å². The second kappa shape index (κ2) is 8.45. The molecule has 1 atom stereocenters. The van der Waals surface area contributed by atoms with Crippen molar-refractivity contribution in [2.75, 3.05) is 33.4 Å². The third-order valence-electron chi connectivity index (χ3n) is 2.97. The van der Waals surface area contributed by atoms with E-state index in [-0.39, 0.29) is 0 Å². The van der Waals surface area contributed by atoms with Crippen molar-refractivity contribution in [1.29, 1.82) is 0 Å². The summed E-state index contributed by atoms with van der Waals surface area (Å²) in [4.78, 5) is 13.4. The molecule has 5 heteroatoms. The predicted molar refractivity (Wildman–Crippen MR) is 74.2 cm³/mol. The van der Waals surface area contributed by atoms with Crippen molar-refractivity contribution >= 4 is 5.91 Å². The smallest absolute Gasteiger partial charge is 0.237 e. The number of hydrogen-bond acceptors (Lipinski definition) is 4. The number of carbonyl (C=O) groups excluding carboxylic acids is 1. The number of methoxy groups -OCH3 is 1. The molecule has 0 bridgehead atoms. The van der Waals surface area contributed by atoms with E-state index in [9.17, 15) is 4.79 Å². The second-order valence-electron chi connectivity index (χ2n) is 5.57. The molecule has 4 N–H and O–H groups in total. The van der Waals surface area contributed by atoms with Crippen LogP contribution in [0.3, 0.4) is 0 Å². The Labute approximate surface area is 111 Å². The van der Waals surface area contributed by atoms with E-state index in [1.165, 1.54) is 0 Å². The van der Waals surface area contributed by atoms with Gasteiger partial charge < -0.3 is 21.1 Å². The summed E-state index contributed by atoms with van der Waals surface area (Å²) in [6.45, 7) is 9.65. The summed E-state index contributed by atoms with van der Waals surface area (Å²) < 4.78 is 5.10. The molecule has 0 fully saturated rings. The van der Waals surface area contributed by atoms with Gasteiger partial charge in [0.2, 0.25) is 5.91 Å². The quantitative estimate of drug-likeness (QED) is 0.601. The van der Waals surface area contributed by atoms with Crippen LogP contribution < -0.4 is 11.5 Å². The first kappa shape index (κ1) is 17.4. The average Bonchev–Trinajstić information content (AvgIpc) is 2.24. The zero-order valence-electron chi connectivity index (χ0n) is 12.2. The third-order valence-corrected chi connectivity index (χ3v) is 2.97. The molecular weight excluding hydrogens is 230 g/mol. The normalized spacial score (nSPS) is 15.1. The van der Waals surface area contributed by atoms with Crippen LogP contribution in [-0.4, -0.2) is 49.7 Å². The zero-order chi connectivity index (χ0) is 14.2. The van der Waals surface area contributed by atoms with Crippen LogP contribution in [0.4, 0.5) is 0 Å². The fraction of sp³-hybridized carbons (Fsp3) is 0.923. The first-order valence-corrected chi connectivity index (χ1v) is 6.59. The van der Waals surface area contributed by atoms with Crippen molar-refractivity contribution in [3.8, 4) is 0 Å². The van der Waals surface area contributed by atoms with Gasteiger partial charge >= 0.3 is 0 Å². The molecule has 5 nitrogen and oxygen atoms in total. The lowest BCUT2D eigenvalue weighted by Gasteiger charge is -2.26. The summed E-state index contributed by atoms with van der Waals surface area (Å²) in [5, 5.41) is 0. The fourth-order valence-corrected chi connectivity index (χ4v) is 1.82. The molecule has 0 saturated heterocycles. The largest absolute Gasteiger partial charge is 0.383 e. The van der Waals surface area contributed by atoms with E-state index in [1.807, 2.05) is 0 Å². The van der Waals surface area contributed by atoms with Gasteiger partial charge in [0.1, 0.15) is 0 Å². The van der Waals surface area contributed by atoms with Gasteiger partial charge in [-0.3, -0.25) is 4.79 Å². The van der Waals surface area contributed by atoms with Gasteiger partial charge in [-0.05, 0) is 32.2 Å². The highest BCUT2D eigenvalue weighted by Gasteiger charge is 2.25. The van der Waals surface area contributed by atoms with Gasteiger partial charge in [-0.2, -0.15) is 0 Å². The Balaban J connectivity index is 4.05. The Morgan fingerprint density at radius 3 is 2.44 bits per heavy atom. The molecule has 1 unspecified atom stereocenters. The van der Waals surface area contributed by atoms with Gasteiger partial charge in [0.25, 0.3) is 0 Å². The number of nitrogens with two attached hydrogens (primary N) is 2. The van der Waals surface area contributed by atoms with Crippen molar-refractivity contribution in [1.82, 2.24) is 4.90 Å². The molecule has 0 saturated carbocycles. The fourth-order valence-electron chi connectivity index (χ4n) is 1.82. The van der Waals surface area contributed by atoms with Crippen molar-refractivity contribution < 1.29 is 9.53 Å². The molecule has 0 spiro atoms. The van der Waals surface area contributed by atoms with E-state index in [0.717, 1.165) is 32.7 Å². The summed E-state index contributed by atoms with van der Waals surface area (Å²) in [6, 6.07) is 0. The first-order valence-electron chi connectivity index (χ1n) is 6.59. The molecule has 1 amide bonds. The lowest BCUT2D eigenvalue weighted by molar-refractivity contribution is -0.122. The SMILES string of the molecule is COCCN(CCCC(C)(N)C(N)=O)CC(C)C. The van der Waals surface area contributed by atoms with Crippen LogP contribution in [0.1, 0.15) is 33.6 Å². The van der Waals surface area contributed by atoms with E-state index in [2.05, 4.69) is 18.7 Å². The van der Waals surface area contributed by atoms with Gasteiger partial charge in [-0.1, -0.05) is 13.8 Å². The van der Waals surface area contributed by atoms with E-state index < -0.39 is 11.4 Å². The van der Waals surface area contributed by atoms with Gasteiger partial charge in [-0.15, -0.1) is 0 Å². The highest BCUT2D eigenvalue weighted by molar-refractivity contribution is 5.83. The second-order valence-corrected chi connectivity index (χ2v) is 5.57. The van der Waals surface area contributed by atoms with Crippen LogP contribution in [0.25, 0.3) is 0 Å². The van der Waals surface area contributed by atoms with Crippen molar-refractivity contribution in [3.63, 3.8) is 0 Å². The maximum atomic E-state index is 11.1. The Bertz CT molecular complexity index is 242. The Morgan fingerprint density at radius 2 is 2.00 bits per heavy atom. The number of hydrogen-bond donors (Lipinski definition) is 2. The third kappa shape index (κ3) is 7.63. The zero-order valence-corrected chi connectivity index (χ0v) is 12.2. The van der Waals surface area contributed by atoms with Gasteiger partial charge in [0.05, 0.1) is 12.1 Å². The standard InChI is InChI=1S/C13H29N3O2/c1-11(2)10-16(8-9-18-4)7-5-6-13(3,15)12(14)17/h11H,5-10,15H2,1-4H3,(H2,14,17). The number of nitrogens with zero attached hydrogens (tertiary/aromatic N) is 1. The molecule has 0 aromatic carbocycles. The molecule has 0 aliphatic carbocycles. The number of ether oxygens (including phenoxy) is 1. The molecule has 108 valence electrons. The van der Waals surface area contributed by atoms with Gasteiger partial charge in [0, 0.05) is 20.2 Å². The number of primary amides is 1. The van der Waals surface area contributed by atoms with Crippen LogP contribution in [0.2, 0.25) is 0 Å². The topological polar surface area (TPSA) is 81.6 Å². The van der Waals surface area contributed by atoms with Crippen molar-refractivity contribution in [2.45, 2.75) is 39.2 Å². The maximum Gasteiger partial charge on any atom is 0.237 e. The highest BCUT2D eigenvalue weighted by Crippen LogP contribution is 2.09. The lowest BCUT2D eigenvalue weighted by Crippen LogP contribution is -2.49. The minimum absolute atomic E-state index is 0.435. The molecule has 0 radical (unpaired) electrons. The summed E-state index contributed by atoms with van der Waals surface area (Å²) in [5.74, 6) is 0.178. The van der Waals surface area contributed by atoms with Crippen LogP contribution in [0.15, 0.2) is 0 Å². The average molecular weight is 259 g/mol. The van der Waals surface area contributed by atoms with E-state index >= 15 is 0 Å².